The van der Waals surface area contributed by atoms with Gasteiger partial charge in [-0.1, -0.05) is 24.3 Å². The first-order chi connectivity index (χ1) is 8.27. The van der Waals surface area contributed by atoms with E-state index in [9.17, 15) is 0 Å². The molecule has 2 aromatic rings. The van der Waals surface area contributed by atoms with Gasteiger partial charge in [0.25, 0.3) is 0 Å². The molecule has 0 radical (unpaired) electrons. The Kier molecular flexibility index (Phi) is 3.12. The zero-order valence-electron chi connectivity index (χ0n) is 10.1. The fraction of sp³-hybridized carbons (Fsp3) is 0.385. The minimum atomic E-state index is -0.842. The van der Waals surface area contributed by atoms with E-state index in [4.69, 9.17) is 11.2 Å². The SMILES string of the molecule is C#CC(CC)(OCC)n1nnc2ccccc21. The predicted octanol–water partition coefficient (Wildman–Crippen LogP) is 2.16. The number of benzene rings is 1. The van der Waals surface area contributed by atoms with E-state index in [2.05, 4.69) is 16.2 Å². The number of nitrogens with zero attached hydrogens (tertiary/aromatic N) is 3. The third kappa shape index (κ3) is 1.79. The Hall–Kier alpha value is -1.86. The van der Waals surface area contributed by atoms with Crippen molar-refractivity contribution >= 4 is 11.0 Å². The Morgan fingerprint density at radius 3 is 2.82 bits per heavy atom. The summed E-state index contributed by atoms with van der Waals surface area (Å²) in [5, 5.41) is 8.23. The van der Waals surface area contributed by atoms with Crippen molar-refractivity contribution in [1.82, 2.24) is 15.0 Å². The van der Waals surface area contributed by atoms with Gasteiger partial charge in [-0.25, -0.2) is 4.68 Å². The highest BCUT2D eigenvalue weighted by Crippen LogP contribution is 2.25. The molecule has 17 heavy (non-hydrogen) atoms. The number of rotatable bonds is 4. The largest absolute Gasteiger partial charge is 0.344 e. The minimum absolute atomic E-state index is 0.534. The second-order valence-corrected chi connectivity index (χ2v) is 3.71. The number of terminal acetylenes is 1. The molecular formula is C13H15N3O. The fourth-order valence-corrected chi connectivity index (χ4v) is 1.89. The standard InChI is InChI=1S/C13H15N3O/c1-4-13(5-2,17-6-3)16-12-10-8-7-9-11(12)14-15-16/h1,7-10H,5-6H2,2-3H3. The fourth-order valence-electron chi connectivity index (χ4n) is 1.89. The molecule has 0 amide bonds. The van der Waals surface area contributed by atoms with E-state index in [1.165, 1.54) is 0 Å². The van der Waals surface area contributed by atoms with Crippen LogP contribution in [0.2, 0.25) is 0 Å². The lowest BCUT2D eigenvalue weighted by atomic mass is 10.1. The molecule has 88 valence electrons. The smallest absolute Gasteiger partial charge is 0.225 e. The van der Waals surface area contributed by atoms with Crippen molar-refractivity contribution in [2.45, 2.75) is 26.0 Å². The van der Waals surface area contributed by atoms with Crippen LogP contribution >= 0.6 is 0 Å². The molecule has 0 aliphatic rings. The number of aromatic nitrogens is 3. The average molecular weight is 229 g/mol. The maximum absolute atomic E-state index is 5.70. The Labute approximate surface area is 101 Å². The van der Waals surface area contributed by atoms with Gasteiger partial charge in [-0.3, -0.25) is 0 Å². The highest BCUT2D eigenvalue weighted by Gasteiger charge is 2.31. The van der Waals surface area contributed by atoms with Crippen molar-refractivity contribution in [1.29, 1.82) is 0 Å². The molecule has 0 bridgehead atoms. The first-order valence-corrected chi connectivity index (χ1v) is 5.70. The molecule has 0 aliphatic carbocycles. The van der Waals surface area contributed by atoms with Gasteiger partial charge in [0.1, 0.15) is 5.52 Å². The summed E-state index contributed by atoms with van der Waals surface area (Å²) in [4.78, 5) is 0. The first kappa shape index (κ1) is 11.6. The van der Waals surface area contributed by atoms with Gasteiger partial charge < -0.3 is 4.74 Å². The van der Waals surface area contributed by atoms with Crippen LogP contribution in [0.4, 0.5) is 0 Å². The van der Waals surface area contributed by atoms with Gasteiger partial charge in [-0.05, 0) is 25.0 Å². The molecule has 0 N–H and O–H groups in total. The van der Waals surface area contributed by atoms with Gasteiger partial charge in [0, 0.05) is 13.0 Å². The van der Waals surface area contributed by atoms with Crippen molar-refractivity contribution in [2.24, 2.45) is 0 Å². The topological polar surface area (TPSA) is 39.9 Å². The van der Waals surface area contributed by atoms with Crippen LogP contribution in [-0.4, -0.2) is 21.6 Å². The van der Waals surface area contributed by atoms with Crippen LogP contribution in [0, 0.1) is 12.3 Å². The van der Waals surface area contributed by atoms with Gasteiger partial charge in [0.15, 0.2) is 0 Å². The van der Waals surface area contributed by atoms with Gasteiger partial charge in [-0.15, -0.1) is 11.5 Å². The molecule has 0 spiro atoms. The van der Waals surface area contributed by atoms with Gasteiger partial charge >= 0.3 is 0 Å². The molecule has 1 unspecified atom stereocenters. The average Bonchev–Trinajstić information content (AvgIpc) is 2.81. The Bertz CT molecular complexity index is 555. The lowest BCUT2D eigenvalue weighted by Crippen LogP contribution is -2.35. The van der Waals surface area contributed by atoms with Crippen LogP contribution in [0.15, 0.2) is 24.3 Å². The van der Waals surface area contributed by atoms with Gasteiger partial charge in [0.2, 0.25) is 5.72 Å². The Morgan fingerprint density at radius 2 is 2.18 bits per heavy atom. The zero-order chi connectivity index (χ0) is 12.3. The Morgan fingerprint density at radius 1 is 1.41 bits per heavy atom. The highest BCUT2D eigenvalue weighted by atomic mass is 16.5. The van der Waals surface area contributed by atoms with E-state index in [0.717, 1.165) is 11.0 Å². The van der Waals surface area contributed by atoms with E-state index < -0.39 is 5.72 Å². The van der Waals surface area contributed by atoms with Crippen molar-refractivity contribution in [3.05, 3.63) is 24.3 Å². The summed E-state index contributed by atoms with van der Waals surface area (Å²) in [5.74, 6) is 2.70. The molecule has 1 aromatic heterocycles. The van der Waals surface area contributed by atoms with Crippen molar-refractivity contribution in [3.63, 3.8) is 0 Å². The summed E-state index contributed by atoms with van der Waals surface area (Å²) in [6.45, 7) is 4.43. The summed E-state index contributed by atoms with van der Waals surface area (Å²) in [7, 11) is 0. The maximum Gasteiger partial charge on any atom is 0.225 e. The summed E-state index contributed by atoms with van der Waals surface area (Å²) in [5.41, 5.74) is 0.867. The summed E-state index contributed by atoms with van der Waals surface area (Å²) < 4.78 is 7.39. The number of para-hydroxylation sites is 1. The first-order valence-electron chi connectivity index (χ1n) is 5.70. The molecular weight excluding hydrogens is 214 g/mol. The van der Waals surface area contributed by atoms with Crippen LogP contribution < -0.4 is 0 Å². The van der Waals surface area contributed by atoms with E-state index >= 15 is 0 Å². The van der Waals surface area contributed by atoms with Crippen LogP contribution in [-0.2, 0) is 10.5 Å². The van der Waals surface area contributed by atoms with Crippen LogP contribution in [0.5, 0.6) is 0 Å². The number of fused-ring (bicyclic) bond motifs is 1. The molecule has 1 heterocycles. The third-order valence-electron chi connectivity index (χ3n) is 2.78. The quantitative estimate of drug-likeness (QED) is 0.754. The van der Waals surface area contributed by atoms with Crippen LogP contribution in [0.3, 0.4) is 0 Å². The maximum atomic E-state index is 5.70. The lowest BCUT2D eigenvalue weighted by molar-refractivity contribution is -0.0628. The van der Waals surface area contributed by atoms with Gasteiger partial charge in [-0.2, -0.15) is 0 Å². The molecule has 1 atom stereocenters. The van der Waals surface area contributed by atoms with Crippen molar-refractivity contribution in [3.8, 4) is 12.3 Å². The molecule has 0 saturated heterocycles. The van der Waals surface area contributed by atoms with E-state index in [1.807, 2.05) is 38.1 Å². The van der Waals surface area contributed by atoms with Crippen LogP contribution in [0.25, 0.3) is 11.0 Å². The molecule has 1 aromatic carbocycles. The second kappa shape index (κ2) is 4.56. The normalized spacial score (nSPS) is 14.4. The van der Waals surface area contributed by atoms with E-state index in [-0.39, 0.29) is 0 Å². The zero-order valence-corrected chi connectivity index (χ0v) is 10.1. The number of ether oxygens (including phenoxy) is 1. The van der Waals surface area contributed by atoms with E-state index in [0.29, 0.717) is 13.0 Å². The lowest BCUT2D eigenvalue weighted by Gasteiger charge is -2.27. The van der Waals surface area contributed by atoms with Crippen molar-refractivity contribution in [2.75, 3.05) is 6.61 Å². The minimum Gasteiger partial charge on any atom is -0.344 e. The van der Waals surface area contributed by atoms with Crippen molar-refractivity contribution < 1.29 is 4.74 Å². The molecule has 0 saturated carbocycles. The monoisotopic (exact) mass is 229 g/mol. The molecule has 4 heteroatoms. The highest BCUT2D eigenvalue weighted by molar-refractivity contribution is 5.74. The molecule has 2 rings (SSSR count). The molecule has 0 aliphatic heterocycles. The summed E-state index contributed by atoms with van der Waals surface area (Å²) in [6, 6.07) is 7.70. The third-order valence-corrected chi connectivity index (χ3v) is 2.78. The number of hydrogen-bond acceptors (Lipinski definition) is 3. The van der Waals surface area contributed by atoms with E-state index in [1.54, 1.807) is 4.68 Å². The number of hydrogen-bond donors (Lipinski definition) is 0. The predicted molar refractivity (Wildman–Crippen MR) is 66.3 cm³/mol. The molecule has 4 nitrogen and oxygen atoms in total. The molecule has 0 fully saturated rings. The summed E-state index contributed by atoms with van der Waals surface area (Å²) in [6.07, 6.45) is 6.27. The Balaban J connectivity index is 2.61. The second-order valence-electron chi connectivity index (χ2n) is 3.71. The van der Waals surface area contributed by atoms with Crippen LogP contribution in [0.1, 0.15) is 20.3 Å². The summed E-state index contributed by atoms with van der Waals surface area (Å²) >= 11 is 0. The van der Waals surface area contributed by atoms with Gasteiger partial charge in [0.05, 0.1) is 5.52 Å².